The molecule has 0 aliphatic carbocycles. The van der Waals surface area contributed by atoms with E-state index in [9.17, 15) is 4.79 Å². The van der Waals surface area contributed by atoms with Crippen molar-refractivity contribution in [3.8, 4) is 0 Å². The highest BCUT2D eigenvalue weighted by Crippen LogP contribution is 2.24. The molecule has 3 nitrogen and oxygen atoms in total. The van der Waals surface area contributed by atoms with E-state index in [1.54, 1.807) is 18.5 Å². The topological polar surface area (TPSA) is 42.0 Å². The summed E-state index contributed by atoms with van der Waals surface area (Å²) >= 11 is 3.44. The van der Waals surface area contributed by atoms with Crippen LogP contribution in [0.4, 0.5) is 5.69 Å². The Hall–Kier alpha value is -1.68. The molecule has 92 valence electrons. The van der Waals surface area contributed by atoms with Gasteiger partial charge in [0.1, 0.15) is 0 Å². The van der Waals surface area contributed by atoms with Crippen molar-refractivity contribution in [2.45, 2.75) is 13.8 Å². The van der Waals surface area contributed by atoms with Gasteiger partial charge in [-0.25, -0.2) is 0 Å². The Kier molecular flexibility index (Phi) is 3.77. The molecule has 0 bridgehead atoms. The van der Waals surface area contributed by atoms with Gasteiger partial charge in [0.05, 0.1) is 5.69 Å². The first-order chi connectivity index (χ1) is 8.58. The molecule has 0 aliphatic heterocycles. The van der Waals surface area contributed by atoms with Crippen molar-refractivity contribution in [2.75, 3.05) is 5.32 Å². The lowest BCUT2D eigenvalue weighted by molar-refractivity contribution is 0.102. The lowest BCUT2D eigenvalue weighted by Crippen LogP contribution is -2.13. The van der Waals surface area contributed by atoms with E-state index in [2.05, 4.69) is 26.2 Å². The van der Waals surface area contributed by atoms with Crippen LogP contribution < -0.4 is 5.32 Å². The average Bonchev–Trinajstić information content (AvgIpc) is 2.33. The summed E-state index contributed by atoms with van der Waals surface area (Å²) in [6, 6.07) is 7.52. The van der Waals surface area contributed by atoms with Crippen molar-refractivity contribution in [2.24, 2.45) is 0 Å². The number of carbonyl (C=O) groups is 1. The molecule has 0 spiro atoms. The molecular weight excluding hydrogens is 292 g/mol. The van der Waals surface area contributed by atoms with Crippen LogP contribution in [0.15, 0.2) is 41.1 Å². The molecule has 1 heterocycles. The van der Waals surface area contributed by atoms with Crippen LogP contribution in [0.3, 0.4) is 0 Å². The Morgan fingerprint density at radius 3 is 2.72 bits per heavy atom. The summed E-state index contributed by atoms with van der Waals surface area (Å²) in [6.07, 6.45) is 3.30. The smallest absolute Gasteiger partial charge is 0.256 e. The van der Waals surface area contributed by atoms with Gasteiger partial charge in [0.15, 0.2) is 0 Å². The normalized spacial score (nSPS) is 10.2. The predicted octanol–water partition coefficient (Wildman–Crippen LogP) is 3.71. The standard InChI is InChI=1S/C14H13BrN2O/c1-9-3-4-13(12(15)7-9)17-14(18)11-5-6-16-8-10(11)2/h3-8H,1-2H3,(H,17,18). The molecule has 1 aromatic carbocycles. The zero-order valence-electron chi connectivity index (χ0n) is 10.2. The van der Waals surface area contributed by atoms with Gasteiger partial charge < -0.3 is 5.32 Å². The molecule has 1 N–H and O–H groups in total. The molecule has 0 radical (unpaired) electrons. The highest BCUT2D eigenvalue weighted by Gasteiger charge is 2.10. The van der Waals surface area contributed by atoms with Gasteiger partial charge in [-0.05, 0) is 59.1 Å². The zero-order valence-corrected chi connectivity index (χ0v) is 11.8. The molecular formula is C14H13BrN2O. The molecule has 0 saturated heterocycles. The van der Waals surface area contributed by atoms with E-state index in [4.69, 9.17) is 0 Å². The average molecular weight is 305 g/mol. The summed E-state index contributed by atoms with van der Waals surface area (Å²) in [6.45, 7) is 3.87. The number of pyridine rings is 1. The van der Waals surface area contributed by atoms with Crippen LogP contribution in [0.1, 0.15) is 21.5 Å². The third-order valence-corrected chi connectivity index (χ3v) is 3.29. The molecule has 4 heteroatoms. The molecule has 0 unspecified atom stereocenters. The largest absolute Gasteiger partial charge is 0.321 e. The highest BCUT2D eigenvalue weighted by molar-refractivity contribution is 9.10. The number of anilines is 1. The van der Waals surface area contributed by atoms with E-state index >= 15 is 0 Å². The number of halogens is 1. The van der Waals surface area contributed by atoms with Crippen LogP contribution in [0.25, 0.3) is 0 Å². The van der Waals surface area contributed by atoms with Crippen molar-refractivity contribution >= 4 is 27.5 Å². The summed E-state index contributed by atoms with van der Waals surface area (Å²) in [5, 5.41) is 2.88. The minimum atomic E-state index is -0.126. The van der Waals surface area contributed by atoms with Gasteiger partial charge in [-0.3, -0.25) is 9.78 Å². The maximum absolute atomic E-state index is 12.1. The second-order valence-corrected chi connectivity index (χ2v) is 4.98. The lowest BCUT2D eigenvalue weighted by atomic mass is 10.1. The minimum Gasteiger partial charge on any atom is -0.321 e. The Bertz CT molecular complexity index is 596. The Morgan fingerprint density at radius 1 is 1.28 bits per heavy atom. The number of hydrogen-bond acceptors (Lipinski definition) is 2. The molecule has 1 aromatic heterocycles. The molecule has 18 heavy (non-hydrogen) atoms. The van der Waals surface area contributed by atoms with Gasteiger partial charge in [-0.15, -0.1) is 0 Å². The van der Waals surface area contributed by atoms with Crippen molar-refractivity contribution in [1.82, 2.24) is 4.98 Å². The van der Waals surface area contributed by atoms with Crippen molar-refractivity contribution in [1.29, 1.82) is 0 Å². The van der Waals surface area contributed by atoms with Gasteiger partial charge in [-0.2, -0.15) is 0 Å². The molecule has 1 amide bonds. The predicted molar refractivity (Wildman–Crippen MR) is 75.8 cm³/mol. The summed E-state index contributed by atoms with van der Waals surface area (Å²) < 4.78 is 0.877. The van der Waals surface area contributed by atoms with Crippen molar-refractivity contribution in [3.63, 3.8) is 0 Å². The number of hydrogen-bond donors (Lipinski definition) is 1. The molecule has 0 fully saturated rings. The van der Waals surface area contributed by atoms with Crippen LogP contribution in [-0.2, 0) is 0 Å². The minimum absolute atomic E-state index is 0.126. The fourth-order valence-corrected chi connectivity index (χ4v) is 2.23. The number of nitrogens with one attached hydrogen (secondary N) is 1. The van der Waals surface area contributed by atoms with Crippen LogP contribution in [0.5, 0.6) is 0 Å². The van der Waals surface area contributed by atoms with E-state index in [0.29, 0.717) is 5.56 Å². The van der Waals surface area contributed by atoms with Gasteiger partial charge in [0.25, 0.3) is 5.91 Å². The van der Waals surface area contributed by atoms with Crippen molar-refractivity contribution in [3.05, 3.63) is 57.8 Å². The number of amides is 1. The van der Waals surface area contributed by atoms with Crippen LogP contribution >= 0.6 is 15.9 Å². The van der Waals surface area contributed by atoms with Crippen LogP contribution in [0, 0.1) is 13.8 Å². The Labute approximate surface area is 114 Å². The van der Waals surface area contributed by atoms with E-state index in [1.807, 2.05) is 32.0 Å². The van der Waals surface area contributed by atoms with Gasteiger partial charge in [-0.1, -0.05) is 6.07 Å². The molecule has 0 saturated carbocycles. The first kappa shape index (κ1) is 12.8. The van der Waals surface area contributed by atoms with Gasteiger partial charge in [0, 0.05) is 22.4 Å². The Morgan fingerprint density at radius 2 is 2.06 bits per heavy atom. The van der Waals surface area contributed by atoms with Gasteiger partial charge >= 0.3 is 0 Å². The second kappa shape index (κ2) is 5.31. The van der Waals surface area contributed by atoms with Crippen LogP contribution in [-0.4, -0.2) is 10.9 Å². The summed E-state index contributed by atoms with van der Waals surface area (Å²) in [4.78, 5) is 16.1. The molecule has 0 atom stereocenters. The number of aryl methyl sites for hydroxylation is 2. The summed E-state index contributed by atoms with van der Waals surface area (Å²) in [7, 11) is 0. The summed E-state index contributed by atoms with van der Waals surface area (Å²) in [5.41, 5.74) is 3.40. The fourth-order valence-electron chi connectivity index (χ4n) is 1.64. The monoisotopic (exact) mass is 304 g/mol. The van der Waals surface area contributed by atoms with E-state index in [1.165, 1.54) is 0 Å². The fraction of sp³-hybridized carbons (Fsp3) is 0.143. The third kappa shape index (κ3) is 2.76. The Balaban J connectivity index is 2.24. The molecule has 2 rings (SSSR count). The van der Waals surface area contributed by atoms with Gasteiger partial charge in [0.2, 0.25) is 0 Å². The maximum atomic E-state index is 12.1. The first-order valence-electron chi connectivity index (χ1n) is 5.56. The highest BCUT2D eigenvalue weighted by atomic mass is 79.9. The van der Waals surface area contributed by atoms with E-state index < -0.39 is 0 Å². The third-order valence-electron chi connectivity index (χ3n) is 2.64. The molecule has 0 aliphatic rings. The summed E-state index contributed by atoms with van der Waals surface area (Å²) in [5.74, 6) is -0.126. The number of carbonyl (C=O) groups excluding carboxylic acids is 1. The number of benzene rings is 1. The van der Waals surface area contributed by atoms with Crippen LogP contribution in [0.2, 0.25) is 0 Å². The number of aromatic nitrogens is 1. The second-order valence-electron chi connectivity index (χ2n) is 4.13. The molecule has 2 aromatic rings. The quantitative estimate of drug-likeness (QED) is 0.919. The lowest BCUT2D eigenvalue weighted by Gasteiger charge is -2.09. The van der Waals surface area contributed by atoms with E-state index in [-0.39, 0.29) is 5.91 Å². The zero-order chi connectivity index (χ0) is 13.1. The van der Waals surface area contributed by atoms with Crippen molar-refractivity contribution < 1.29 is 4.79 Å². The number of rotatable bonds is 2. The SMILES string of the molecule is Cc1ccc(NC(=O)c2ccncc2C)c(Br)c1. The first-order valence-corrected chi connectivity index (χ1v) is 6.35. The maximum Gasteiger partial charge on any atom is 0.256 e. The number of nitrogens with zero attached hydrogens (tertiary/aromatic N) is 1. The van der Waals surface area contributed by atoms with E-state index in [0.717, 1.165) is 21.3 Å².